The number of carbonyl (C=O) groups excluding carboxylic acids is 4. The molecule has 16 nitrogen and oxygen atoms in total. The first-order valence-electron chi connectivity index (χ1n) is 20.5. The van der Waals surface area contributed by atoms with E-state index in [9.17, 15) is 116 Å². The first-order valence-corrected chi connectivity index (χ1v) is 20.5. The van der Waals surface area contributed by atoms with Crippen LogP contribution in [0.5, 0.6) is 0 Å². The average Bonchev–Trinajstić information content (AvgIpc) is 3.75. The number of methoxy groups -OCH3 is 2. The Morgan fingerprint density at radius 3 is 1.13 bits per heavy atom. The SMILES string of the molecule is C1CC1.CC1(C)CC(O)C(O)C1.COC(=O)C(C)=O.COC(=O)C1(C)OC2CCCC2O1.FC(F)=C1OC2(F)C(F)(F)C(F)(F)C(F)(F)C2(F)O1.O.O=C([O-])C1(C(F)(F)F)OC2(F)C(F)(F)C(F)(F)C(F)(F)C2(F)O1.[K+]. The van der Waals surface area contributed by atoms with Crippen molar-refractivity contribution in [2.24, 2.45) is 5.41 Å². The third kappa shape index (κ3) is 11.2. The Morgan fingerprint density at radius 1 is 0.592 bits per heavy atom. The number of esters is 2. The molecule has 4 N–H and O–H groups in total. The van der Waals surface area contributed by atoms with E-state index in [2.05, 4.69) is 42.3 Å². The minimum absolute atomic E-state index is 0. The van der Waals surface area contributed by atoms with Gasteiger partial charge in [0.1, 0.15) is 5.97 Å². The maximum Gasteiger partial charge on any atom is 1.00 e. The molecule has 76 heavy (non-hydrogen) atoms. The minimum Gasteiger partial charge on any atom is -0.544 e. The summed E-state index contributed by atoms with van der Waals surface area (Å²) in [6.07, 6.45) is -1.68. The molecule has 0 spiro atoms. The second-order valence-electron chi connectivity index (χ2n) is 17.7. The Morgan fingerprint density at radius 2 is 0.921 bits per heavy atom. The van der Waals surface area contributed by atoms with Crippen molar-refractivity contribution >= 4 is 23.7 Å². The summed E-state index contributed by atoms with van der Waals surface area (Å²) < 4.78 is 302. The third-order valence-corrected chi connectivity index (χ3v) is 11.3. The number of carboxylic acids is 1. The number of hydrogen-bond donors (Lipinski definition) is 2. The number of fused-ring (bicyclic) bond motifs is 3. The third-order valence-electron chi connectivity index (χ3n) is 11.3. The molecule has 0 bridgehead atoms. The Labute approximate surface area is 454 Å². The van der Waals surface area contributed by atoms with E-state index >= 15 is 0 Å². The van der Waals surface area contributed by atoms with E-state index in [-0.39, 0.29) is 74.5 Å². The normalized spacial score (nSPS) is 37.7. The topological polar surface area (TPSA) is 237 Å². The molecule has 5 aliphatic carbocycles. The molecule has 5 saturated carbocycles. The molecule has 8 unspecified atom stereocenters. The first-order chi connectivity index (χ1) is 33.0. The molecule has 3 saturated heterocycles. The number of hydrogen-bond acceptors (Lipinski definition) is 15. The van der Waals surface area contributed by atoms with Crippen molar-refractivity contribution in [2.45, 2.75) is 180 Å². The zero-order valence-corrected chi connectivity index (χ0v) is 42.7. The van der Waals surface area contributed by atoms with Crippen LogP contribution in [0, 0.1) is 5.41 Å². The molecule has 0 aromatic rings. The number of aliphatic hydroxyl groups is 2. The van der Waals surface area contributed by atoms with Crippen LogP contribution in [0.2, 0.25) is 0 Å². The molecule has 0 amide bonds. The molecule has 0 aromatic carbocycles. The molecule has 0 aromatic heterocycles. The standard InChI is InChI=1S/C9H14O4.C8HF11O4.C7F10O2.C7H14O2.C4H6O3.C3H6.K.H2O/c1-9(8(10)11-2)12-6-4-3-5-7(6)13-9;9-3(10)4(11,12)6(15)7(16,5(3,13)14)23-2(22-6,1(20)21)8(17,18)19;8-1(9)2-18-6(16)4(12,13)3(10,11)5(14,15)7(6,17)19-2;1-7(2)3-5(8)6(9)4-7;1-3(5)4(6)7-2;1-2-3-1;;/h6-7H,3-5H2,1-2H3;(H,20,21);;5-6,8-9H,3-4H2,1-2H3;1-2H3;1-3H2;;1H2/q;;;;;;+1;/p-1. The molecule has 438 valence electrons. The molecule has 3 heterocycles. The van der Waals surface area contributed by atoms with E-state index in [1.807, 2.05) is 0 Å². The van der Waals surface area contributed by atoms with Gasteiger partial charge in [0.05, 0.1) is 38.6 Å². The maximum atomic E-state index is 13.8. The van der Waals surface area contributed by atoms with Gasteiger partial charge in [-0.1, -0.05) is 33.1 Å². The summed E-state index contributed by atoms with van der Waals surface area (Å²) in [6, 6.07) is 0. The number of carboxylic acid groups (broad SMARTS) is 1. The number of halogens is 21. The van der Waals surface area contributed by atoms with Gasteiger partial charge in [-0.2, -0.15) is 92.2 Å². The Bertz CT molecular complexity index is 2070. The van der Waals surface area contributed by atoms with Crippen LogP contribution in [0.4, 0.5) is 92.2 Å². The maximum absolute atomic E-state index is 13.8. The van der Waals surface area contributed by atoms with Gasteiger partial charge in [-0.15, -0.1) is 0 Å². The number of ketones is 1. The fourth-order valence-corrected chi connectivity index (χ4v) is 7.29. The molecule has 8 rings (SSSR count). The molecule has 8 fully saturated rings. The quantitative estimate of drug-likeness (QED) is 0.179. The van der Waals surface area contributed by atoms with E-state index in [1.165, 1.54) is 33.5 Å². The Balaban J connectivity index is 0.000000490. The van der Waals surface area contributed by atoms with Crippen LogP contribution < -0.4 is 56.5 Å². The van der Waals surface area contributed by atoms with Gasteiger partial charge in [0.25, 0.3) is 5.79 Å². The summed E-state index contributed by atoms with van der Waals surface area (Å²) in [5.41, 5.74) is 0.138. The number of aliphatic carboxylic acids is 1. The molecule has 8 atom stereocenters. The average molecular weight is 1190 g/mol. The van der Waals surface area contributed by atoms with Gasteiger partial charge in [0, 0.05) is 13.8 Å². The predicted molar refractivity (Wildman–Crippen MR) is 192 cm³/mol. The van der Waals surface area contributed by atoms with Crippen molar-refractivity contribution in [1.82, 2.24) is 0 Å². The summed E-state index contributed by atoms with van der Waals surface area (Å²) >= 11 is 0. The van der Waals surface area contributed by atoms with E-state index in [0.29, 0.717) is 0 Å². The van der Waals surface area contributed by atoms with Gasteiger partial charge in [0.15, 0.2) is 0 Å². The summed E-state index contributed by atoms with van der Waals surface area (Å²) in [5, 5.41) is 28.5. The number of rotatable bonds is 3. The number of Topliss-reactive ketones (excluding diaryl/α,β-unsaturated/α-hetero) is 1. The zero-order valence-electron chi connectivity index (χ0n) is 39.6. The molecule has 8 aliphatic rings. The van der Waals surface area contributed by atoms with Crippen LogP contribution in [0.1, 0.15) is 79.1 Å². The monoisotopic (exact) mass is 1190 g/mol. The van der Waals surface area contributed by atoms with Gasteiger partial charge >= 0.3 is 146 Å². The minimum atomic E-state index is -6.93. The molecule has 0 radical (unpaired) electrons. The fourth-order valence-electron chi connectivity index (χ4n) is 7.29. The molecule has 3 aliphatic heterocycles. The summed E-state index contributed by atoms with van der Waals surface area (Å²) in [6.45, 7) is 6.90. The second-order valence-corrected chi connectivity index (χ2v) is 17.7. The largest absolute Gasteiger partial charge is 1.00 e. The van der Waals surface area contributed by atoms with Crippen molar-refractivity contribution in [1.29, 1.82) is 0 Å². The van der Waals surface area contributed by atoms with E-state index < -0.39 is 125 Å². The Kier molecular flexibility index (Phi) is 21.3. The van der Waals surface area contributed by atoms with E-state index in [4.69, 9.17) is 19.7 Å². The molecule has 38 heteroatoms. The van der Waals surface area contributed by atoms with Crippen molar-refractivity contribution in [3.05, 3.63) is 12.0 Å². The number of carbonyl (C=O) groups is 4. The van der Waals surface area contributed by atoms with Crippen LogP contribution in [-0.4, -0.2) is 155 Å². The fraction of sp³-hybridized carbons (Fsp3) is 0.842. The van der Waals surface area contributed by atoms with Crippen molar-refractivity contribution in [3.8, 4) is 0 Å². The zero-order chi connectivity index (χ0) is 58.1. The van der Waals surface area contributed by atoms with E-state index in [1.54, 1.807) is 6.92 Å². The number of ether oxygens (including phenoxy) is 8. The van der Waals surface area contributed by atoms with Gasteiger partial charge < -0.3 is 54.0 Å². The van der Waals surface area contributed by atoms with Crippen LogP contribution in [0.25, 0.3) is 0 Å². The van der Waals surface area contributed by atoms with Crippen LogP contribution in [0.15, 0.2) is 12.0 Å². The van der Waals surface area contributed by atoms with Crippen LogP contribution >= 0.6 is 0 Å². The molecular formula is C38H42F21KO16. The van der Waals surface area contributed by atoms with E-state index in [0.717, 1.165) is 39.0 Å². The smallest absolute Gasteiger partial charge is 0.544 e. The number of alkyl halides is 19. The second kappa shape index (κ2) is 22.7. The summed E-state index contributed by atoms with van der Waals surface area (Å²) in [4.78, 5) is 41.5. The molecular weight excluding hydrogens is 1150 g/mol. The Hall–Kier alpha value is -2.69. The number of aliphatic hydroxyl groups excluding tert-OH is 2. The summed E-state index contributed by atoms with van der Waals surface area (Å²) in [5.74, 6) is -80.0. The first kappa shape index (κ1) is 71.3. The van der Waals surface area contributed by atoms with Crippen LogP contribution in [-0.2, 0) is 57.1 Å². The van der Waals surface area contributed by atoms with Gasteiger partial charge in [-0.05, 0) is 37.5 Å². The summed E-state index contributed by atoms with van der Waals surface area (Å²) in [7, 11) is 2.51. The van der Waals surface area contributed by atoms with Crippen LogP contribution in [0.3, 0.4) is 0 Å². The van der Waals surface area contributed by atoms with Crippen molar-refractivity contribution in [2.75, 3.05) is 14.2 Å². The predicted octanol–water partition coefficient (Wildman–Crippen LogP) is 3.11. The van der Waals surface area contributed by atoms with Crippen molar-refractivity contribution < 1.29 is 221 Å². The van der Waals surface area contributed by atoms with Gasteiger partial charge in [-0.25, -0.2) is 9.59 Å². The van der Waals surface area contributed by atoms with Gasteiger partial charge in [-0.3, -0.25) is 14.3 Å². The van der Waals surface area contributed by atoms with Gasteiger partial charge in [0.2, 0.25) is 5.78 Å². The van der Waals surface area contributed by atoms with Crippen molar-refractivity contribution in [3.63, 3.8) is 0 Å².